The Labute approximate surface area is 176 Å². The molecule has 7 heteroatoms. The maximum absolute atomic E-state index is 12.6. The largest absolute Gasteiger partial charge is 0.507 e. The van der Waals surface area contributed by atoms with Crippen LogP contribution in [0.4, 0.5) is 0 Å². The van der Waals surface area contributed by atoms with Crippen LogP contribution in [0.25, 0.3) is 6.08 Å². The van der Waals surface area contributed by atoms with Gasteiger partial charge in [0, 0.05) is 18.5 Å². The third kappa shape index (κ3) is 4.05. The van der Waals surface area contributed by atoms with Crippen LogP contribution in [0.15, 0.2) is 41.0 Å². The summed E-state index contributed by atoms with van der Waals surface area (Å²) in [6, 6.07) is 6.97. The molecule has 0 unspecified atom stereocenters. The fraction of sp³-hybridized carbons (Fsp3) is 0.478. The van der Waals surface area contributed by atoms with Gasteiger partial charge in [0.15, 0.2) is 0 Å². The average molecular weight is 415 g/mol. The summed E-state index contributed by atoms with van der Waals surface area (Å²) < 4.78 is 0. The lowest BCUT2D eigenvalue weighted by atomic mass is 9.68. The summed E-state index contributed by atoms with van der Waals surface area (Å²) in [7, 11) is 1.43. The molecule has 1 aliphatic carbocycles. The number of hydrogen-bond donors (Lipinski definition) is 4. The second-order valence-corrected chi connectivity index (χ2v) is 8.18. The molecule has 1 heterocycles. The third-order valence-corrected chi connectivity index (χ3v) is 6.30. The summed E-state index contributed by atoms with van der Waals surface area (Å²) in [6.45, 7) is 1.19. The minimum atomic E-state index is -0.952. The quantitative estimate of drug-likeness (QED) is 0.396. The number of aromatic hydroxyl groups is 1. The fourth-order valence-electron chi connectivity index (χ4n) is 4.73. The number of likely N-dealkylation sites (tertiary alicyclic amines) is 1. The van der Waals surface area contributed by atoms with Crippen LogP contribution < -0.4 is 0 Å². The highest BCUT2D eigenvalue weighted by Gasteiger charge is 2.53. The monoisotopic (exact) mass is 415 g/mol. The van der Waals surface area contributed by atoms with Gasteiger partial charge in [-0.05, 0) is 43.4 Å². The minimum Gasteiger partial charge on any atom is -0.507 e. The molecule has 162 valence electrons. The standard InChI is InChI=1S/C23H29NO6/c1-13(9-14-5-3-4-6-18(14)27)7-8-19(28)20-15(11-25)10-16-21(17(20)12-26)23(30)24(2)22(16)29/h3-6,9,16-17,19,21,25-28H,7-8,10-12H2,1-2H3/b13-9+/t16-,17+,19-,21-/m1/s1. The van der Waals surface area contributed by atoms with Gasteiger partial charge in [-0.1, -0.05) is 29.8 Å². The van der Waals surface area contributed by atoms with Gasteiger partial charge in [0.1, 0.15) is 5.75 Å². The Hall–Kier alpha value is -2.48. The predicted octanol–water partition coefficient (Wildman–Crippen LogP) is 1.47. The Bertz CT molecular complexity index is 889. The van der Waals surface area contributed by atoms with E-state index < -0.39 is 23.9 Å². The minimum absolute atomic E-state index is 0.176. The van der Waals surface area contributed by atoms with Crippen LogP contribution in [0.3, 0.4) is 0 Å². The van der Waals surface area contributed by atoms with Gasteiger partial charge in [-0.2, -0.15) is 0 Å². The lowest BCUT2D eigenvalue weighted by Gasteiger charge is -2.36. The number of phenols is 1. The van der Waals surface area contributed by atoms with Crippen molar-refractivity contribution in [3.05, 3.63) is 46.5 Å². The van der Waals surface area contributed by atoms with Gasteiger partial charge < -0.3 is 20.4 Å². The van der Waals surface area contributed by atoms with Crippen molar-refractivity contribution >= 4 is 17.9 Å². The Balaban J connectivity index is 1.80. The van der Waals surface area contributed by atoms with Crippen LogP contribution in [-0.4, -0.2) is 63.5 Å². The normalized spacial score (nSPS) is 25.7. The Morgan fingerprint density at radius 2 is 1.93 bits per heavy atom. The zero-order chi connectivity index (χ0) is 22.0. The topological polar surface area (TPSA) is 118 Å². The third-order valence-electron chi connectivity index (χ3n) is 6.30. The highest BCUT2D eigenvalue weighted by Crippen LogP contribution is 2.45. The summed E-state index contributed by atoms with van der Waals surface area (Å²) in [5.74, 6) is -2.46. The predicted molar refractivity (Wildman–Crippen MR) is 111 cm³/mol. The van der Waals surface area contributed by atoms with Gasteiger partial charge in [0.2, 0.25) is 11.8 Å². The number of aliphatic hydroxyl groups excluding tert-OH is 3. The molecule has 1 saturated heterocycles. The molecule has 4 atom stereocenters. The number of carbonyl (C=O) groups is 2. The van der Waals surface area contributed by atoms with Crippen molar-refractivity contribution < 1.29 is 30.0 Å². The van der Waals surface area contributed by atoms with Gasteiger partial charge in [0.25, 0.3) is 0 Å². The number of amides is 2. The maximum atomic E-state index is 12.6. The SMILES string of the molecule is C/C(=C\c1ccccc1O)CC[C@@H](O)C1=C(CO)C[C@H]2C(=O)N(C)C(=O)[C@H]2[C@H]1CO. The van der Waals surface area contributed by atoms with E-state index in [1.807, 2.05) is 19.1 Å². The van der Waals surface area contributed by atoms with Crippen LogP contribution in [0.2, 0.25) is 0 Å². The number of allylic oxidation sites excluding steroid dienone is 1. The Morgan fingerprint density at radius 1 is 1.23 bits per heavy atom. The Kier molecular flexibility index (Phi) is 6.75. The van der Waals surface area contributed by atoms with Gasteiger partial charge >= 0.3 is 0 Å². The maximum Gasteiger partial charge on any atom is 0.233 e. The summed E-state index contributed by atoms with van der Waals surface area (Å²) >= 11 is 0. The van der Waals surface area contributed by atoms with E-state index in [9.17, 15) is 30.0 Å². The van der Waals surface area contributed by atoms with Crippen LogP contribution in [-0.2, 0) is 9.59 Å². The van der Waals surface area contributed by atoms with E-state index in [1.165, 1.54) is 7.05 Å². The van der Waals surface area contributed by atoms with E-state index >= 15 is 0 Å². The molecular formula is C23H29NO6. The van der Waals surface area contributed by atoms with Crippen molar-refractivity contribution in [2.45, 2.75) is 32.3 Å². The molecule has 0 aromatic heterocycles. The molecular weight excluding hydrogens is 386 g/mol. The molecule has 3 rings (SSSR count). The summed E-state index contributed by atoms with van der Waals surface area (Å²) in [5.41, 5.74) is 2.64. The number of rotatable bonds is 7. The van der Waals surface area contributed by atoms with Crippen LogP contribution in [0.5, 0.6) is 5.75 Å². The smallest absolute Gasteiger partial charge is 0.233 e. The van der Waals surface area contributed by atoms with Crippen LogP contribution >= 0.6 is 0 Å². The van der Waals surface area contributed by atoms with E-state index in [-0.39, 0.29) is 37.2 Å². The fourth-order valence-corrected chi connectivity index (χ4v) is 4.73. The highest BCUT2D eigenvalue weighted by molar-refractivity contribution is 6.05. The number of fused-ring (bicyclic) bond motifs is 1. The molecule has 2 aliphatic rings. The van der Waals surface area contributed by atoms with Gasteiger partial charge in [-0.15, -0.1) is 0 Å². The molecule has 2 amide bonds. The molecule has 1 aromatic carbocycles. The summed E-state index contributed by atoms with van der Waals surface area (Å²) in [4.78, 5) is 26.1. The number of nitrogens with zero attached hydrogens (tertiary/aromatic N) is 1. The molecule has 4 N–H and O–H groups in total. The van der Waals surface area contributed by atoms with E-state index in [0.717, 1.165) is 10.5 Å². The number of carbonyl (C=O) groups excluding carboxylic acids is 2. The van der Waals surface area contributed by atoms with Crippen LogP contribution in [0, 0.1) is 17.8 Å². The number of benzene rings is 1. The second kappa shape index (κ2) is 9.12. The molecule has 0 spiro atoms. The molecule has 0 radical (unpaired) electrons. The molecule has 7 nitrogen and oxygen atoms in total. The first-order valence-corrected chi connectivity index (χ1v) is 10.2. The molecule has 1 fully saturated rings. The zero-order valence-corrected chi connectivity index (χ0v) is 17.3. The van der Waals surface area contributed by atoms with Crippen molar-refractivity contribution in [2.24, 2.45) is 17.8 Å². The lowest BCUT2D eigenvalue weighted by molar-refractivity contribution is -0.138. The van der Waals surface area contributed by atoms with E-state index in [0.29, 0.717) is 29.6 Å². The van der Waals surface area contributed by atoms with Gasteiger partial charge in [-0.3, -0.25) is 14.5 Å². The zero-order valence-electron chi connectivity index (χ0n) is 17.3. The first-order chi connectivity index (χ1) is 14.3. The van der Waals surface area contributed by atoms with Crippen molar-refractivity contribution in [1.82, 2.24) is 4.90 Å². The lowest BCUT2D eigenvalue weighted by Crippen LogP contribution is -2.39. The highest BCUT2D eigenvalue weighted by atomic mass is 16.3. The summed E-state index contributed by atoms with van der Waals surface area (Å²) in [5, 5.41) is 40.7. The number of phenolic OH excluding ortho intramolecular Hbond substituents is 1. The van der Waals surface area contributed by atoms with E-state index in [1.54, 1.807) is 18.2 Å². The Morgan fingerprint density at radius 3 is 2.57 bits per heavy atom. The molecule has 0 saturated carbocycles. The van der Waals surface area contributed by atoms with Crippen molar-refractivity contribution in [1.29, 1.82) is 0 Å². The number of para-hydroxylation sites is 1. The van der Waals surface area contributed by atoms with Crippen LogP contribution in [0.1, 0.15) is 31.7 Å². The number of imide groups is 1. The average Bonchev–Trinajstić information content (AvgIpc) is 2.96. The van der Waals surface area contributed by atoms with Crippen molar-refractivity contribution in [3.8, 4) is 5.75 Å². The van der Waals surface area contributed by atoms with E-state index in [2.05, 4.69) is 0 Å². The molecule has 1 aromatic rings. The first-order valence-electron chi connectivity index (χ1n) is 10.2. The van der Waals surface area contributed by atoms with Crippen molar-refractivity contribution in [3.63, 3.8) is 0 Å². The van der Waals surface area contributed by atoms with Gasteiger partial charge in [-0.25, -0.2) is 0 Å². The van der Waals surface area contributed by atoms with Gasteiger partial charge in [0.05, 0.1) is 31.2 Å². The molecule has 1 aliphatic heterocycles. The second-order valence-electron chi connectivity index (χ2n) is 8.18. The number of hydrogen-bond acceptors (Lipinski definition) is 6. The molecule has 30 heavy (non-hydrogen) atoms. The molecule has 0 bridgehead atoms. The first kappa shape index (κ1) is 22.2. The summed E-state index contributed by atoms with van der Waals surface area (Å²) in [6.07, 6.45) is 1.97. The van der Waals surface area contributed by atoms with Crippen molar-refractivity contribution in [2.75, 3.05) is 20.3 Å². The number of aliphatic hydroxyl groups is 3. The van der Waals surface area contributed by atoms with E-state index in [4.69, 9.17) is 0 Å².